The second kappa shape index (κ2) is 8.48. The van der Waals surface area contributed by atoms with Crippen LogP contribution < -0.4 is 16.4 Å². The van der Waals surface area contributed by atoms with E-state index in [-0.39, 0.29) is 12.6 Å². The number of rotatable bonds is 5. The van der Waals surface area contributed by atoms with Crippen molar-refractivity contribution in [2.45, 2.75) is 20.0 Å². The van der Waals surface area contributed by atoms with Gasteiger partial charge in [-0.05, 0) is 41.8 Å². The molecule has 0 bridgehead atoms. The highest BCUT2D eigenvalue weighted by Crippen LogP contribution is 2.40. The van der Waals surface area contributed by atoms with Gasteiger partial charge in [0.05, 0.1) is 12.0 Å². The van der Waals surface area contributed by atoms with E-state index < -0.39 is 0 Å². The summed E-state index contributed by atoms with van der Waals surface area (Å²) in [4.78, 5) is 22.8. The van der Waals surface area contributed by atoms with E-state index in [9.17, 15) is 4.79 Å². The fourth-order valence-corrected chi connectivity index (χ4v) is 4.37. The largest absolute Gasteiger partial charge is 0.392 e. The highest BCUT2D eigenvalue weighted by atomic mass is 32.1. The smallest absolute Gasteiger partial charge is 0.323 e. The molecule has 7 nitrogen and oxygen atoms in total. The van der Waals surface area contributed by atoms with Crippen molar-refractivity contribution in [2.75, 3.05) is 16.4 Å². The first-order valence-corrected chi connectivity index (χ1v) is 10.3. The lowest BCUT2D eigenvalue weighted by Crippen LogP contribution is -2.19. The number of hydrogen-bond donors (Lipinski definition) is 4. The van der Waals surface area contributed by atoms with Crippen LogP contribution in [0.4, 0.5) is 22.0 Å². The van der Waals surface area contributed by atoms with Crippen LogP contribution >= 0.6 is 11.3 Å². The summed E-state index contributed by atoms with van der Waals surface area (Å²) in [6.07, 6.45) is 2.35. The lowest BCUT2D eigenvalue weighted by molar-refractivity contribution is 0.262. The quantitative estimate of drug-likeness (QED) is 0.376. The zero-order chi connectivity index (χ0) is 21.1. The van der Waals surface area contributed by atoms with E-state index >= 15 is 0 Å². The maximum Gasteiger partial charge on any atom is 0.323 e. The number of aliphatic hydroxyl groups is 1. The van der Waals surface area contributed by atoms with Gasteiger partial charge in [-0.1, -0.05) is 31.2 Å². The Kier molecular flexibility index (Phi) is 5.60. The van der Waals surface area contributed by atoms with Gasteiger partial charge >= 0.3 is 6.03 Å². The van der Waals surface area contributed by atoms with E-state index in [1.807, 2.05) is 24.3 Å². The average Bonchev–Trinajstić information content (AvgIpc) is 3.15. The minimum atomic E-state index is -0.340. The minimum absolute atomic E-state index is 0.0320. The molecule has 0 aliphatic rings. The standard InChI is InChI=1S/C22H21N5O2S/c1-2-17-18(19-20(23)24-12-25-21(19)30-17)14-5-9-16(10-6-14)27-22(29)26-15-7-3-13(11-28)4-8-15/h3-10,12,28H,2,11H2,1H3,(H2,23,24,25)(H2,26,27,29). The summed E-state index contributed by atoms with van der Waals surface area (Å²) >= 11 is 1.63. The molecule has 0 fully saturated rings. The van der Waals surface area contributed by atoms with E-state index in [1.54, 1.807) is 35.6 Å². The minimum Gasteiger partial charge on any atom is -0.392 e. The van der Waals surface area contributed by atoms with E-state index in [4.69, 9.17) is 10.8 Å². The predicted molar refractivity (Wildman–Crippen MR) is 122 cm³/mol. The third-order valence-corrected chi connectivity index (χ3v) is 5.98. The number of hydrogen-bond acceptors (Lipinski definition) is 6. The van der Waals surface area contributed by atoms with Gasteiger partial charge in [-0.25, -0.2) is 14.8 Å². The molecule has 0 spiro atoms. The molecule has 0 aliphatic carbocycles. The zero-order valence-electron chi connectivity index (χ0n) is 16.3. The highest BCUT2D eigenvalue weighted by Gasteiger charge is 2.17. The number of carbonyl (C=O) groups is 1. The maximum absolute atomic E-state index is 12.3. The van der Waals surface area contributed by atoms with E-state index in [1.165, 1.54) is 11.2 Å². The number of nitrogen functional groups attached to an aromatic ring is 1. The summed E-state index contributed by atoms with van der Waals surface area (Å²) in [7, 11) is 0. The Morgan fingerprint density at radius 3 is 2.27 bits per heavy atom. The molecule has 5 N–H and O–H groups in total. The van der Waals surface area contributed by atoms with Crippen LogP contribution in [0.5, 0.6) is 0 Å². The van der Waals surface area contributed by atoms with Gasteiger partial charge in [0.25, 0.3) is 0 Å². The number of nitrogens with zero attached hydrogens (tertiary/aromatic N) is 2. The number of thiophene rings is 1. The first kappa shape index (κ1) is 19.8. The Hall–Kier alpha value is -3.49. The number of aryl methyl sites for hydroxylation is 1. The van der Waals surface area contributed by atoms with Crippen LogP contribution in [0.25, 0.3) is 21.3 Å². The van der Waals surface area contributed by atoms with Crippen LogP contribution in [0, 0.1) is 0 Å². The van der Waals surface area contributed by atoms with Crippen molar-refractivity contribution in [1.29, 1.82) is 0 Å². The van der Waals surface area contributed by atoms with Crippen LogP contribution in [0.3, 0.4) is 0 Å². The zero-order valence-corrected chi connectivity index (χ0v) is 17.2. The van der Waals surface area contributed by atoms with Gasteiger partial charge < -0.3 is 21.5 Å². The van der Waals surface area contributed by atoms with Crippen LogP contribution in [-0.2, 0) is 13.0 Å². The monoisotopic (exact) mass is 419 g/mol. The molecular weight excluding hydrogens is 398 g/mol. The number of amides is 2. The number of anilines is 3. The van der Waals surface area contributed by atoms with Crippen molar-refractivity contribution in [2.24, 2.45) is 0 Å². The molecule has 0 radical (unpaired) electrons. The second-order valence-corrected chi connectivity index (χ2v) is 7.79. The molecule has 0 saturated heterocycles. The number of aliphatic hydroxyl groups excluding tert-OH is 1. The average molecular weight is 420 g/mol. The Labute approximate surface area is 177 Å². The molecule has 0 saturated carbocycles. The molecule has 4 rings (SSSR count). The van der Waals surface area contributed by atoms with Gasteiger partial charge in [0.1, 0.15) is 17.0 Å². The molecule has 0 atom stereocenters. The van der Waals surface area contributed by atoms with Gasteiger partial charge in [-0.15, -0.1) is 11.3 Å². The molecule has 4 aromatic rings. The molecule has 2 amide bonds. The van der Waals surface area contributed by atoms with E-state index in [0.29, 0.717) is 17.2 Å². The van der Waals surface area contributed by atoms with Crippen molar-refractivity contribution >= 4 is 44.8 Å². The summed E-state index contributed by atoms with van der Waals surface area (Å²) in [6.45, 7) is 2.07. The van der Waals surface area contributed by atoms with Crippen LogP contribution in [0.15, 0.2) is 54.9 Å². The van der Waals surface area contributed by atoms with Gasteiger partial charge in [-0.3, -0.25) is 0 Å². The summed E-state index contributed by atoms with van der Waals surface area (Å²) in [5, 5.41) is 15.6. The summed E-state index contributed by atoms with van der Waals surface area (Å²) < 4.78 is 0. The lowest BCUT2D eigenvalue weighted by atomic mass is 10.0. The number of fused-ring (bicyclic) bond motifs is 1. The van der Waals surface area contributed by atoms with Gasteiger partial charge in [0.2, 0.25) is 0 Å². The summed E-state index contributed by atoms with van der Waals surface area (Å²) in [6, 6.07) is 14.3. The molecule has 30 heavy (non-hydrogen) atoms. The normalized spacial score (nSPS) is 10.9. The van der Waals surface area contributed by atoms with E-state index in [0.717, 1.165) is 33.3 Å². The third-order valence-electron chi connectivity index (χ3n) is 4.74. The molecule has 2 heterocycles. The third kappa shape index (κ3) is 3.96. The molecular formula is C22H21N5O2S. The number of benzene rings is 2. The first-order chi connectivity index (χ1) is 14.6. The van der Waals surface area contributed by atoms with Crippen molar-refractivity contribution in [3.05, 3.63) is 65.3 Å². The SMILES string of the molecule is CCc1sc2ncnc(N)c2c1-c1ccc(NC(=O)Nc2ccc(CO)cc2)cc1. The number of urea groups is 1. The number of carbonyl (C=O) groups excluding carboxylic acids is 1. The number of aromatic nitrogens is 2. The number of nitrogens with two attached hydrogens (primary N) is 1. The van der Waals surface area contributed by atoms with Gasteiger partial charge in [-0.2, -0.15) is 0 Å². The van der Waals surface area contributed by atoms with Crippen LogP contribution in [0.1, 0.15) is 17.4 Å². The molecule has 8 heteroatoms. The Balaban J connectivity index is 1.53. The topological polar surface area (TPSA) is 113 Å². The van der Waals surface area contributed by atoms with Crippen molar-refractivity contribution in [3.63, 3.8) is 0 Å². The Morgan fingerprint density at radius 1 is 1.03 bits per heavy atom. The number of nitrogens with one attached hydrogen (secondary N) is 2. The second-order valence-electron chi connectivity index (χ2n) is 6.70. The lowest BCUT2D eigenvalue weighted by Gasteiger charge is -2.10. The molecule has 0 unspecified atom stereocenters. The molecule has 0 aliphatic heterocycles. The molecule has 2 aromatic carbocycles. The van der Waals surface area contributed by atoms with Crippen molar-refractivity contribution < 1.29 is 9.90 Å². The van der Waals surface area contributed by atoms with E-state index in [2.05, 4.69) is 27.5 Å². The van der Waals surface area contributed by atoms with Crippen molar-refractivity contribution in [3.8, 4) is 11.1 Å². The van der Waals surface area contributed by atoms with Gasteiger partial charge in [0.15, 0.2) is 0 Å². The molecule has 152 valence electrons. The van der Waals surface area contributed by atoms with Crippen molar-refractivity contribution in [1.82, 2.24) is 9.97 Å². The van der Waals surface area contributed by atoms with Crippen LogP contribution in [-0.4, -0.2) is 21.1 Å². The van der Waals surface area contributed by atoms with Crippen LogP contribution in [0.2, 0.25) is 0 Å². The predicted octanol–water partition coefficient (Wildman–Crippen LogP) is 4.64. The fraction of sp³-hybridized carbons (Fsp3) is 0.136. The van der Waals surface area contributed by atoms with Gasteiger partial charge in [0, 0.05) is 21.8 Å². The highest BCUT2D eigenvalue weighted by molar-refractivity contribution is 7.19. The summed E-state index contributed by atoms with van der Waals surface area (Å²) in [5.74, 6) is 0.472. The fourth-order valence-electron chi connectivity index (χ4n) is 3.26. The Morgan fingerprint density at radius 2 is 1.67 bits per heavy atom. The Bertz CT molecular complexity index is 1190. The molecule has 2 aromatic heterocycles. The maximum atomic E-state index is 12.3. The first-order valence-electron chi connectivity index (χ1n) is 9.49. The summed E-state index contributed by atoms with van der Waals surface area (Å²) in [5.41, 5.74) is 10.3.